The minimum atomic E-state index is -3.45. The third kappa shape index (κ3) is 4.19. The lowest BCUT2D eigenvalue weighted by molar-refractivity contribution is 0.266. The predicted molar refractivity (Wildman–Crippen MR) is 79.1 cm³/mol. The molecule has 0 spiro atoms. The van der Waals surface area contributed by atoms with Gasteiger partial charge in [-0.1, -0.05) is 19.1 Å². The lowest BCUT2D eigenvalue weighted by Crippen LogP contribution is -2.27. The Kier molecular flexibility index (Phi) is 5.01. The molecule has 1 aliphatic carbocycles. The van der Waals surface area contributed by atoms with Crippen molar-refractivity contribution in [2.75, 3.05) is 18.5 Å². The number of benzene rings is 1. The van der Waals surface area contributed by atoms with E-state index in [0.717, 1.165) is 12.8 Å². The predicted octanol–water partition coefficient (Wildman–Crippen LogP) is 1.56. The van der Waals surface area contributed by atoms with Crippen LogP contribution >= 0.6 is 0 Å². The largest absolute Gasteiger partial charge is 0.396 e. The molecule has 112 valence electrons. The van der Waals surface area contributed by atoms with E-state index in [0.29, 0.717) is 23.5 Å². The highest BCUT2D eigenvalue weighted by molar-refractivity contribution is 7.89. The number of nitrogens with one attached hydrogen (secondary N) is 2. The highest BCUT2D eigenvalue weighted by atomic mass is 32.2. The van der Waals surface area contributed by atoms with Gasteiger partial charge in [0.15, 0.2) is 0 Å². The number of sulfonamides is 1. The van der Waals surface area contributed by atoms with Gasteiger partial charge in [0, 0.05) is 19.2 Å². The van der Waals surface area contributed by atoms with Crippen LogP contribution in [-0.2, 0) is 10.0 Å². The van der Waals surface area contributed by atoms with Crippen LogP contribution in [0.2, 0.25) is 0 Å². The molecule has 0 amide bonds. The summed E-state index contributed by atoms with van der Waals surface area (Å²) in [4.78, 5) is 0.295. The third-order valence-electron chi connectivity index (χ3n) is 3.34. The lowest BCUT2D eigenvalue weighted by atomic mass is 10.1. The maximum Gasteiger partial charge on any atom is 0.242 e. The Balaban J connectivity index is 2.09. The monoisotopic (exact) mass is 298 g/mol. The molecule has 0 aliphatic heterocycles. The molecule has 1 aliphatic rings. The quantitative estimate of drug-likeness (QED) is 0.680. The van der Waals surface area contributed by atoms with E-state index in [9.17, 15) is 8.42 Å². The Labute approximate surface area is 120 Å². The van der Waals surface area contributed by atoms with Crippen molar-refractivity contribution in [3.63, 3.8) is 0 Å². The van der Waals surface area contributed by atoms with Gasteiger partial charge in [0.25, 0.3) is 0 Å². The van der Waals surface area contributed by atoms with Gasteiger partial charge in [0.1, 0.15) is 4.90 Å². The van der Waals surface area contributed by atoms with E-state index in [1.807, 2.05) is 13.0 Å². The molecule has 3 N–H and O–H groups in total. The fourth-order valence-corrected chi connectivity index (χ4v) is 3.43. The fourth-order valence-electron chi connectivity index (χ4n) is 1.94. The summed E-state index contributed by atoms with van der Waals surface area (Å²) in [5, 5.41) is 12.1. The third-order valence-corrected chi connectivity index (χ3v) is 4.92. The maximum absolute atomic E-state index is 12.3. The van der Waals surface area contributed by atoms with Gasteiger partial charge < -0.3 is 10.4 Å². The Morgan fingerprint density at radius 1 is 1.35 bits per heavy atom. The van der Waals surface area contributed by atoms with Crippen LogP contribution in [0.1, 0.15) is 26.2 Å². The van der Waals surface area contributed by atoms with Crippen molar-refractivity contribution in [2.24, 2.45) is 5.92 Å². The van der Waals surface area contributed by atoms with Gasteiger partial charge in [-0.15, -0.1) is 0 Å². The van der Waals surface area contributed by atoms with E-state index in [4.69, 9.17) is 5.11 Å². The molecule has 1 unspecified atom stereocenters. The highest BCUT2D eigenvalue weighted by Crippen LogP contribution is 2.26. The van der Waals surface area contributed by atoms with Gasteiger partial charge >= 0.3 is 0 Å². The number of hydrogen-bond donors (Lipinski definition) is 3. The first kappa shape index (κ1) is 15.3. The van der Waals surface area contributed by atoms with Crippen LogP contribution in [0.5, 0.6) is 0 Å². The summed E-state index contributed by atoms with van der Waals surface area (Å²) in [6, 6.07) is 7.02. The molecule has 1 aromatic carbocycles. The van der Waals surface area contributed by atoms with Crippen LogP contribution < -0.4 is 10.0 Å². The molecule has 0 radical (unpaired) electrons. The van der Waals surface area contributed by atoms with Gasteiger partial charge in [0.2, 0.25) is 10.0 Å². The van der Waals surface area contributed by atoms with Gasteiger partial charge in [0.05, 0.1) is 5.69 Å². The average Bonchev–Trinajstić information content (AvgIpc) is 3.20. The van der Waals surface area contributed by atoms with E-state index < -0.39 is 10.0 Å². The lowest BCUT2D eigenvalue weighted by Gasteiger charge is -2.16. The number of para-hydroxylation sites is 1. The van der Waals surface area contributed by atoms with E-state index in [1.165, 1.54) is 0 Å². The second-order valence-corrected chi connectivity index (χ2v) is 7.07. The van der Waals surface area contributed by atoms with E-state index in [1.54, 1.807) is 18.2 Å². The highest BCUT2D eigenvalue weighted by Gasteiger charge is 2.29. The van der Waals surface area contributed by atoms with Crippen LogP contribution in [0, 0.1) is 5.92 Å². The molecule has 0 saturated heterocycles. The van der Waals surface area contributed by atoms with E-state index in [-0.39, 0.29) is 18.6 Å². The standard InChI is InChI=1S/C14H22N2O3S/c1-11(8-9-17)10-15-13-4-2-3-5-14(13)20(18,19)16-12-6-7-12/h2-5,11-12,15-17H,6-10H2,1H3. The van der Waals surface area contributed by atoms with Crippen molar-refractivity contribution in [3.05, 3.63) is 24.3 Å². The van der Waals surface area contributed by atoms with Gasteiger partial charge in [-0.2, -0.15) is 0 Å². The molecule has 0 aromatic heterocycles. The first-order chi connectivity index (χ1) is 9.53. The smallest absolute Gasteiger partial charge is 0.242 e. The molecule has 1 saturated carbocycles. The normalized spacial score (nSPS) is 16.9. The maximum atomic E-state index is 12.3. The van der Waals surface area contributed by atoms with Crippen LogP contribution in [0.15, 0.2) is 29.2 Å². The molecule has 1 fully saturated rings. The van der Waals surface area contributed by atoms with Crippen molar-refractivity contribution >= 4 is 15.7 Å². The van der Waals surface area contributed by atoms with Gasteiger partial charge in [-0.3, -0.25) is 0 Å². The molecule has 6 heteroatoms. The molecular weight excluding hydrogens is 276 g/mol. The second-order valence-electron chi connectivity index (χ2n) is 5.39. The average molecular weight is 298 g/mol. The van der Waals surface area contributed by atoms with Crippen LogP contribution in [0.3, 0.4) is 0 Å². The van der Waals surface area contributed by atoms with Crippen molar-refractivity contribution in [1.82, 2.24) is 4.72 Å². The molecular formula is C14H22N2O3S. The Hall–Kier alpha value is -1.11. The topological polar surface area (TPSA) is 78.4 Å². The number of aliphatic hydroxyl groups excluding tert-OH is 1. The minimum absolute atomic E-state index is 0.0985. The Bertz CT molecular complexity index is 541. The molecule has 20 heavy (non-hydrogen) atoms. The zero-order chi connectivity index (χ0) is 14.6. The summed E-state index contributed by atoms with van der Waals surface area (Å²) in [7, 11) is -3.45. The number of rotatable bonds is 8. The van der Waals surface area contributed by atoms with Crippen LogP contribution in [-0.4, -0.2) is 32.7 Å². The Morgan fingerprint density at radius 2 is 2.05 bits per heavy atom. The van der Waals surface area contributed by atoms with Crippen molar-refractivity contribution < 1.29 is 13.5 Å². The molecule has 1 atom stereocenters. The van der Waals surface area contributed by atoms with Gasteiger partial charge in [-0.25, -0.2) is 13.1 Å². The summed E-state index contributed by atoms with van der Waals surface area (Å²) in [6.45, 7) is 2.80. The molecule has 1 aromatic rings. The fraction of sp³-hybridized carbons (Fsp3) is 0.571. The van der Waals surface area contributed by atoms with E-state index in [2.05, 4.69) is 10.0 Å². The summed E-state index contributed by atoms with van der Waals surface area (Å²) in [6.07, 6.45) is 2.53. The molecule has 2 rings (SSSR count). The van der Waals surface area contributed by atoms with Crippen LogP contribution in [0.25, 0.3) is 0 Å². The summed E-state index contributed by atoms with van der Waals surface area (Å²) in [5.74, 6) is 0.284. The summed E-state index contributed by atoms with van der Waals surface area (Å²) in [5.41, 5.74) is 0.616. The SMILES string of the molecule is CC(CCO)CNc1ccccc1S(=O)(=O)NC1CC1. The zero-order valence-electron chi connectivity index (χ0n) is 11.7. The van der Waals surface area contributed by atoms with E-state index >= 15 is 0 Å². The first-order valence-corrected chi connectivity index (χ1v) is 8.47. The second kappa shape index (κ2) is 6.56. The molecule has 5 nitrogen and oxygen atoms in total. The van der Waals surface area contributed by atoms with Crippen molar-refractivity contribution in [2.45, 2.75) is 37.1 Å². The minimum Gasteiger partial charge on any atom is -0.396 e. The zero-order valence-corrected chi connectivity index (χ0v) is 12.5. The Morgan fingerprint density at radius 3 is 2.70 bits per heavy atom. The van der Waals surface area contributed by atoms with Crippen LogP contribution in [0.4, 0.5) is 5.69 Å². The number of anilines is 1. The molecule has 0 heterocycles. The summed E-state index contributed by atoms with van der Waals surface area (Å²) >= 11 is 0. The van der Waals surface area contributed by atoms with Crippen molar-refractivity contribution in [3.8, 4) is 0 Å². The summed E-state index contributed by atoms with van der Waals surface area (Å²) < 4.78 is 27.3. The number of hydrogen-bond acceptors (Lipinski definition) is 4. The number of aliphatic hydroxyl groups is 1. The first-order valence-electron chi connectivity index (χ1n) is 6.99. The molecule has 0 bridgehead atoms. The van der Waals surface area contributed by atoms with Crippen molar-refractivity contribution in [1.29, 1.82) is 0 Å². The van der Waals surface area contributed by atoms with Gasteiger partial charge in [-0.05, 0) is 37.3 Å².